The number of nitrogens with one attached hydrogen (secondary N) is 2. The lowest BCUT2D eigenvalue weighted by Crippen LogP contribution is -2.31. The lowest BCUT2D eigenvalue weighted by atomic mass is 9.93. The highest BCUT2D eigenvalue weighted by Crippen LogP contribution is 2.35. The van der Waals surface area contributed by atoms with Crippen LogP contribution in [0.5, 0.6) is 5.75 Å². The number of aromatic nitrogens is 3. The molecule has 30 heavy (non-hydrogen) atoms. The fourth-order valence-electron chi connectivity index (χ4n) is 3.63. The van der Waals surface area contributed by atoms with Gasteiger partial charge >= 0.3 is 0 Å². The van der Waals surface area contributed by atoms with Crippen LogP contribution in [-0.2, 0) is 4.79 Å². The molecule has 4 rings (SSSR count). The Hall–Kier alpha value is -3.61. The van der Waals surface area contributed by atoms with Gasteiger partial charge in [-0.05, 0) is 48.2 Å². The van der Waals surface area contributed by atoms with Crippen molar-refractivity contribution in [3.63, 3.8) is 0 Å². The van der Waals surface area contributed by atoms with Gasteiger partial charge in [0.05, 0.1) is 12.7 Å². The highest BCUT2D eigenvalue weighted by Gasteiger charge is 2.33. The summed E-state index contributed by atoms with van der Waals surface area (Å²) in [5.74, 6) is 1.60. The molecule has 1 amide bonds. The fourth-order valence-corrected chi connectivity index (χ4v) is 3.63. The highest BCUT2D eigenvalue weighted by atomic mass is 16.5. The summed E-state index contributed by atoms with van der Waals surface area (Å²) >= 11 is 0. The summed E-state index contributed by atoms with van der Waals surface area (Å²) in [5.41, 5.74) is 4.27. The van der Waals surface area contributed by atoms with Gasteiger partial charge < -0.3 is 15.4 Å². The number of hydrogen-bond donors (Lipinski definition) is 2. The molecule has 1 aliphatic rings. The minimum atomic E-state index is -0.372. The third kappa shape index (κ3) is 3.66. The second-order valence-corrected chi connectivity index (χ2v) is 7.60. The first-order chi connectivity index (χ1) is 14.5. The van der Waals surface area contributed by atoms with Crippen molar-refractivity contribution < 1.29 is 9.53 Å². The van der Waals surface area contributed by atoms with E-state index in [1.54, 1.807) is 11.8 Å². The normalized spacial score (nSPS) is 15.6. The molecule has 7 heteroatoms. The molecule has 7 nitrogen and oxygen atoms in total. The van der Waals surface area contributed by atoms with E-state index in [4.69, 9.17) is 4.74 Å². The molecule has 154 valence electrons. The Morgan fingerprint density at radius 1 is 1.13 bits per heavy atom. The Morgan fingerprint density at radius 3 is 2.47 bits per heavy atom. The zero-order valence-corrected chi connectivity index (χ0v) is 17.5. The van der Waals surface area contributed by atoms with E-state index in [0.29, 0.717) is 23.1 Å². The molecular weight excluding hydrogens is 378 g/mol. The SMILES string of the molecule is COc1ccc(NC(=O)C2=C(C)Nc3ncnn3[C@@H]2c2ccc(C(C)C)cc2)cc1. The van der Waals surface area contributed by atoms with Crippen LogP contribution in [0.2, 0.25) is 0 Å². The average Bonchev–Trinajstić information content (AvgIpc) is 3.21. The molecule has 1 aliphatic heterocycles. The van der Waals surface area contributed by atoms with Crippen LogP contribution in [0.1, 0.15) is 43.9 Å². The summed E-state index contributed by atoms with van der Waals surface area (Å²) in [4.78, 5) is 17.6. The summed E-state index contributed by atoms with van der Waals surface area (Å²) in [6.45, 7) is 6.20. The smallest absolute Gasteiger partial charge is 0.255 e. The number of methoxy groups -OCH3 is 1. The maximum absolute atomic E-state index is 13.3. The second kappa shape index (κ2) is 8.02. The monoisotopic (exact) mass is 403 g/mol. The summed E-state index contributed by atoms with van der Waals surface area (Å²) in [5, 5.41) is 10.6. The van der Waals surface area contributed by atoms with Crippen molar-refractivity contribution in [2.45, 2.75) is 32.7 Å². The van der Waals surface area contributed by atoms with Crippen molar-refractivity contribution in [1.29, 1.82) is 0 Å². The molecule has 2 aromatic carbocycles. The van der Waals surface area contributed by atoms with E-state index in [0.717, 1.165) is 17.0 Å². The van der Waals surface area contributed by atoms with Crippen LogP contribution < -0.4 is 15.4 Å². The second-order valence-electron chi connectivity index (χ2n) is 7.60. The molecule has 0 saturated carbocycles. The van der Waals surface area contributed by atoms with E-state index >= 15 is 0 Å². The third-order valence-electron chi connectivity index (χ3n) is 5.31. The molecule has 0 fully saturated rings. The number of ether oxygens (including phenoxy) is 1. The number of fused-ring (bicyclic) bond motifs is 1. The topological polar surface area (TPSA) is 81.1 Å². The lowest BCUT2D eigenvalue weighted by molar-refractivity contribution is -0.113. The van der Waals surface area contributed by atoms with E-state index in [2.05, 4.69) is 58.8 Å². The van der Waals surface area contributed by atoms with Crippen LogP contribution in [0.25, 0.3) is 0 Å². The van der Waals surface area contributed by atoms with Gasteiger partial charge in [0, 0.05) is 11.4 Å². The molecule has 0 radical (unpaired) electrons. The largest absolute Gasteiger partial charge is 0.497 e. The maximum Gasteiger partial charge on any atom is 0.255 e. The van der Waals surface area contributed by atoms with Crippen molar-refractivity contribution in [2.24, 2.45) is 0 Å². The number of carbonyl (C=O) groups is 1. The van der Waals surface area contributed by atoms with Gasteiger partial charge in [0.2, 0.25) is 5.95 Å². The van der Waals surface area contributed by atoms with Crippen LogP contribution in [0.3, 0.4) is 0 Å². The molecule has 1 aromatic heterocycles. The number of nitrogens with zero attached hydrogens (tertiary/aromatic N) is 3. The van der Waals surface area contributed by atoms with Crippen molar-refractivity contribution >= 4 is 17.5 Å². The quantitative estimate of drug-likeness (QED) is 0.662. The lowest BCUT2D eigenvalue weighted by Gasteiger charge is -2.29. The maximum atomic E-state index is 13.3. The molecule has 3 aromatic rings. The van der Waals surface area contributed by atoms with Crippen LogP contribution >= 0.6 is 0 Å². The Kier molecular flexibility index (Phi) is 5.27. The van der Waals surface area contributed by atoms with Gasteiger partial charge in [-0.25, -0.2) is 4.68 Å². The number of anilines is 2. The zero-order valence-electron chi connectivity index (χ0n) is 17.5. The van der Waals surface area contributed by atoms with E-state index in [1.807, 2.05) is 31.2 Å². The van der Waals surface area contributed by atoms with Crippen molar-refractivity contribution in [2.75, 3.05) is 17.7 Å². The fraction of sp³-hybridized carbons (Fsp3) is 0.261. The summed E-state index contributed by atoms with van der Waals surface area (Å²) in [6, 6.07) is 15.2. The average molecular weight is 403 g/mol. The van der Waals surface area contributed by atoms with Gasteiger partial charge in [-0.15, -0.1) is 0 Å². The van der Waals surface area contributed by atoms with E-state index in [9.17, 15) is 4.79 Å². The third-order valence-corrected chi connectivity index (χ3v) is 5.31. The molecule has 2 N–H and O–H groups in total. The molecular formula is C23H25N5O2. The van der Waals surface area contributed by atoms with Crippen LogP contribution in [0.4, 0.5) is 11.6 Å². The first-order valence-electron chi connectivity index (χ1n) is 9.90. The first-order valence-corrected chi connectivity index (χ1v) is 9.90. The Labute approximate surface area is 175 Å². The van der Waals surface area contributed by atoms with Crippen molar-refractivity contribution in [3.05, 3.63) is 77.3 Å². The number of rotatable bonds is 5. The number of allylic oxidation sites excluding steroid dienone is 1. The number of carbonyl (C=O) groups excluding carboxylic acids is 1. The number of amides is 1. The molecule has 0 saturated heterocycles. The molecule has 2 heterocycles. The zero-order chi connectivity index (χ0) is 21.3. The van der Waals surface area contributed by atoms with Gasteiger partial charge in [-0.1, -0.05) is 38.1 Å². The minimum Gasteiger partial charge on any atom is -0.497 e. The molecule has 0 spiro atoms. The van der Waals surface area contributed by atoms with Gasteiger partial charge in [0.1, 0.15) is 18.1 Å². The van der Waals surface area contributed by atoms with Crippen LogP contribution in [0, 0.1) is 0 Å². The Bertz CT molecular complexity index is 1080. The predicted molar refractivity (Wildman–Crippen MR) is 117 cm³/mol. The number of benzene rings is 2. The minimum absolute atomic E-state index is 0.191. The Morgan fingerprint density at radius 2 is 1.83 bits per heavy atom. The molecule has 0 bridgehead atoms. The standard InChI is InChI=1S/C23H25N5O2/c1-14(2)16-5-7-17(8-6-16)21-20(15(3)26-23-24-13-25-28(21)23)22(29)27-18-9-11-19(30-4)12-10-18/h5-14,21H,1-4H3,(H,27,29)(H,24,25,26)/t21-/m1/s1. The van der Waals surface area contributed by atoms with Crippen LogP contribution in [-0.4, -0.2) is 27.8 Å². The number of hydrogen-bond acceptors (Lipinski definition) is 5. The van der Waals surface area contributed by atoms with Gasteiger partial charge in [0.25, 0.3) is 5.91 Å². The van der Waals surface area contributed by atoms with E-state index in [1.165, 1.54) is 11.9 Å². The molecule has 0 aliphatic carbocycles. The van der Waals surface area contributed by atoms with Crippen LogP contribution in [0.15, 0.2) is 66.1 Å². The van der Waals surface area contributed by atoms with Crippen molar-refractivity contribution in [3.8, 4) is 5.75 Å². The molecule has 0 unspecified atom stereocenters. The van der Waals surface area contributed by atoms with Gasteiger partial charge in [-0.3, -0.25) is 4.79 Å². The predicted octanol–water partition coefficient (Wildman–Crippen LogP) is 4.34. The van der Waals surface area contributed by atoms with Crippen molar-refractivity contribution in [1.82, 2.24) is 14.8 Å². The Balaban J connectivity index is 1.70. The summed E-state index contributed by atoms with van der Waals surface area (Å²) in [6.07, 6.45) is 1.50. The molecule has 1 atom stereocenters. The summed E-state index contributed by atoms with van der Waals surface area (Å²) in [7, 11) is 1.61. The van der Waals surface area contributed by atoms with Gasteiger partial charge in [-0.2, -0.15) is 10.1 Å². The van der Waals surface area contributed by atoms with Gasteiger partial charge in [0.15, 0.2) is 0 Å². The first kappa shape index (κ1) is 19.7. The van der Waals surface area contributed by atoms with E-state index in [-0.39, 0.29) is 11.9 Å². The highest BCUT2D eigenvalue weighted by molar-refractivity contribution is 6.06. The summed E-state index contributed by atoms with van der Waals surface area (Å²) < 4.78 is 6.94. The van der Waals surface area contributed by atoms with E-state index < -0.39 is 0 Å².